The molecule has 136 valence electrons. The topological polar surface area (TPSA) is 49.0 Å². The number of H-pyrrole nitrogens is 1. The molecule has 26 heavy (non-hydrogen) atoms. The van der Waals surface area contributed by atoms with E-state index in [1.165, 1.54) is 55.6 Å². The molecular formula is C20H22FN3OS. The van der Waals surface area contributed by atoms with E-state index in [1.807, 2.05) is 18.3 Å². The number of nitrogens with one attached hydrogen (secondary N) is 1. The molecule has 1 aliphatic rings. The Balaban J connectivity index is 1.58. The highest BCUT2D eigenvalue weighted by Gasteiger charge is 2.22. The first kappa shape index (κ1) is 17.4. The lowest BCUT2D eigenvalue weighted by atomic mass is 9.94. The molecule has 1 fully saturated rings. The second-order valence-corrected chi connectivity index (χ2v) is 8.08. The van der Waals surface area contributed by atoms with Gasteiger partial charge in [-0.25, -0.2) is 4.39 Å². The molecule has 2 heterocycles. The molecule has 3 aromatic rings. The predicted molar refractivity (Wildman–Crippen MR) is 103 cm³/mol. The molecule has 2 aromatic heterocycles. The van der Waals surface area contributed by atoms with Crippen LogP contribution in [0.5, 0.6) is 0 Å². The van der Waals surface area contributed by atoms with Crippen molar-refractivity contribution in [2.45, 2.75) is 51.2 Å². The maximum absolute atomic E-state index is 13.4. The smallest absolute Gasteiger partial charge is 0.304 e. The van der Waals surface area contributed by atoms with Crippen LogP contribution in [0.3, 0.4) is 0 Å². The number of aromatic amines is 1. The second kappa shape index (κ2) is 7.68. The average molecular weight is 371 g/mol. The molecule has 4 nitrogen and oxygen atoms in total. The maximum Gasteiger partial charge on any atom is 0.304 e. The lowest BCUT2D eigenvalue weighted by molar-refractivity contribution is 0.139. The van der Waals surface area contributed by atoms with Crippen molar-refractivity contribution in [1.82, 2.24) is 14.9 Å². The zero-order valence-corrected chi connectivity index (χ0v) is 15.4. The highest BCUT2D eigenvalue weighted by molar-refractivity contribution is 7.09. The van der Waals surface area contributed by atoms with E-state index in [-0.39, 0.29) is 10.7 Å². The number of pyridine rings is 1. The number of rotatable bonds is 5. The van der Waals surface area contributed by atoms with Crippen LogP contribution >= 0.6 is 11.3 Å². The van der Waals surface area contributed by atoms with Gasteiger partial charge in [-0.15, -0.1) is 0 Å². The molecule has 0 unspecified atom stereocenters. The van der Waals surface area contributed by atoms with Crippen LogP contribution in [0.2, 0.25) is 0 Å². The van der Waals surface area contributed by atoms with Crippen molar-refractivity contribution in [2.24, 2.45) is 0 Å². The van der Waals surface area contributed by atoms with Crippen LogP contribution < -0.4 is 4.87 Å². The van der Waals surface area contributed by atoms with E-state index in [1.54, 1.807) is 6.07 Å². The van der Waals surface area contributed by atoms with Crippen molar-refractivity contribution in [3.05, 3.63) is 62.6 Å². The Morgan fingerprint density at radius 3 is 2.77 bits per heavy atom. The van der Waals surface area contributed by atoms with E-state index in [4.69, 9.17) is 4.98 Å². The third-order valence-electron chi connectivity index (χ3n) is 5.10. The van der Waals surface area contributed by atoms with Gasteiger partial charge in [0.25, 0.3) is 0 Å². The van der Waals surface area contributed by atoms with Gasteiger partial charge in [-0.3, -0.25) is 14.7 Å². The highest BCUT2D eigenvalue weighted by atomic mass is 32.1. The first-order valence-electron chi connectivity index (χ1n) is 9.14. The Hall–Kier alpha value is -2.05. The summed E-state index contributed by atoms with van der Waals surface area (Å²) in [5.74, 6) is -0.238. The molecule has 0 saturated heterocycles. The number of thiazole rings is 1. The summed E-state index contributed by atoms with van der Waals surface area (Å²) in [5, 5.41) is 0.821. The van der Waals surface area contributed by atoms with Crippen molar-refractivity contribution >= 4 is 22.2 Å². The standard InChI is InChI=1S/C20H22FN3OS/c21-15-7-9-19-14(10-15)6-8-16(23-19)12-24(17-4-2-1-3-5-17)13-18-11-22-20(25)26-18/h6-11,17H,1-5,12-13H2,(H,22,25). The molecule has 1 aromatic carbocycles. The number of aromatic nitrogens is 2. The lowest BCUT2D eigenvalue weighted by Crippen LogP contribution is -2.35. The van der Waals surface area contributed by atoms with Crippen LogP contribution in [0.15, 0.2) is 41.3 Å². The molecule has 6 heteroatoms. The average Bonchev–Trinajstić information content (AvgIpc) is 3.07. The molecule has 1 aliphatic carbocycles. The van der Waals surface area contributed by atoms with Gasteiger partial charge in [0, 0.05) is 35.6 Å². The van der Waals surface area contributed by atoms with Crippen molar-refractivity contribution in [3.63, 3.8) is 0 Å². The summed E-state index contributed by atoms with van der Waals surface area (Å²) in [5.41, 5.74) is 1.80. The molecule has 1 N–H and O–H groups in total. The monoisotopic (exact) mass is 371 g/mol. The van der Waals surface area contributed by atoms with E-state index in [2.05, 4.69) is 9.88 Å². The van der Waals surface area contributed by atoms with Gasteiger partial charge < -0.3 is 4.98 Å². The molecule has 4 rings (SSSR count). The third-order valence-corrected chi connectivity index (χ3v) is 5.91. The van der Waals surface area contributed by atoms with Gasteiger partial charge in [0.2, 0.25) is 0 Å². The fourth-order valence-electron chi connectivity index (χ4n) is 3.79. The van der Waals surface area contributed by atoms with Gasteiger partial charge in [0.05, 0.1) is 11.2 Å². The molecule has 0 atom stereocenters. The molecule has 0 spiro atoms. The van der Waals surface area contributed by atoms with Gasteiger partial charge in [0.1, 0.15) is 5.82 Å². The second-order valence-electron chi connectivity index (χ2n) is 6.98. The molecular weight excluding hydrogens is 349 g/mol. The van der Waals surface area contributed by atoms with E-state index in [9.17, 15) is 9.18 Å². The summed E-state index contributed by atoms with van der Waals surface area (Å²) in [6.07, 6.45) is 8.03. The Labute approximate surface area is 155 Å². The number of benzene rings is 1. The van der Waals surface area contributed by atoms with Crippen molar-refractivity contribution in [1.29, 1.82) is 0 Å². The van der Waals surface area contributed by atoms with Gasteiger partial charge in [0.15, 0.2) is 0 Å². The van der Waals surface area contributed by atoms with Gasteiger partial charge in [-0.05, 0) is 37.1 Å². The molecule has 0 radical (unpaired) electrons. The van der Waals surface area contributed by atoms with Gasteiger partial charge in [-0.1, -0.05) is 36.7 Å². The van der Waals surface area contributed by atoms with Gasteiger partial charge >= 0.3 is 4.87 Å². The summed E-state index contributed by atoms with van der Waals surface area (Å²) in [4.78, 5) is 22.5. The summed E-state index contributed by atoms with van der Waals surface area (Å²) in [6, 6.07) is 9.15. The largest absolute Gasteiger partial charge is 0.319 e. The van der Waals surface area contributed by atoms with Gasteiger partial charge in [-0.2, -0.15) is 0 Å². The number of hydrogen-bond donors (Lipinski definition) is 1. The third kappa shape index (κ3) is 4.02. The van der Waals surface area contributed by atoms with E-state index < -0.39 is 0 Å². The first-order valence-corrected chi connectivity index (χ1v) is 9.96. The zero-order valence-electron chi connectivity index (χ0n) is 14.6. The lowest BCUT2D eigenvalue weighted by Gasteiger charge is -2.33. The van der Waals surface area contributed by atoms with Crippen LogP contribution in [0, 0.1) is 5.82 Å². The van der Waals surface area contributed by atoms with E-state index in [0.717, 1.165) is 34.6 Å². The summed E-state index contributed by atoms with van der Waals surface area (Å²) in [7, 11) is 0. The summed E-state index contributed by atoms with van der Waals surface area (Å²) >= 11 is 1.28. The maximum atomic E-state index is 13.4. The van der Waals surface area contributed by atoms with Crippen LogP contribution in [-0.2, 0) is 13.1 Å². The predicted octanol–water partition coefficient (Wildman–Crippen LogP) is 4.46. The van der Waals surface area contributed by atoms with Crippen molar-refractivity contribution < 1.29 is 4.39 Å². The molecule has 0 aliphatic heterocycles. The van der Waals surface area contributed by atoms with Crippen LogP contribution in [0.25, 0.3) is 10.9 Å². The Bertz CT molecular complexity index is 945. The molecule has 1 saturated carbocycles. The minimum Gasteiger partial charge on any atom is -0.319 e. The number of fused-ring (bicyclic) bond motifs is 1. The first-order chi connectivity index (χ1) is 12.7. The summed E-state index contributed by atoms with van der Waals surface area (Å²) in [6.45, 7) is 1.50. The number of nitrogens with zero attached hydrogens (tertiary/aromatic N) is 2. The minimum absolute atomic E-state index is 0.00514. The Kier molecular flexibility index (Phi) is 5.13. The van der Waals surface area contributed by atoms with E-state index >= 15 is 0 Å². The van der Waals surface area contributed by atoms with Crippen molar-refractivity contribution in [3.8, 4) is 0 Å². The quantitative estimate of drug-likeness (QED) is 0.720. The fraction of sp³-hybridized carbons (Fsp3) is 0.400. The Morgan fingerprint density at radius 2 is 2.00 bits per heavy atom. The molecule has 0 amide bonds. The Morgan fingerprint density at radius 1 is 1.15 bits per heavy atom. The summed E-state index contributed by atoms with van der Waals surface area (Å²) < 4.78 is 13.4. The normalized spacial score (nSPS) is 15.8. The number of halogens is 1. The number of hydrogen-bond acceptors (Lipinski definition) is 4. The zero-order chi connectivity index (χ0) is 17.9. The van der Waals surface area contributed by atoms with E-state index in [0.29, 0.717) is 6.04 Å². The van der Waals surface area contributed by atoms with Crippen molar-refractivity contribution in [2.75, 3.05) is 0 Å². The van der Waals surface area contributed by atoms with Crippen LogP contribution in [0.1, 0.15) is 42.7 Å². The molecule has 0 bridgehead atoms. The van der Waals surface area contributed by atoms with Crippen LogP contribution in [-0.4, -0.2) is 20.9 Å². The minimum atomic E-state index is -0.238. The SMILES string of the molecule is O=c1[nH]cc(CN(Cc2ccc3cc(F)ccc3n2)C2CCCCC2)s1. The van der Waals surface area contributed by atoms with Crippen LogP contribution in [0.4, 0.5) is 4.39 Å². The highest BCUT2D eigenvalue weighted by Crippen LogP contribution is 2.26. The fourth-order valence-corrected chi connectivity index (χ4v) is 4.49.